The number of nitrogens with two attached hydrogens (primary N) is 1. The van der Waals surface area contributed by atoms with Crippen molar-refractivity contribution in [3.63, 3.8) is 0 Å². The number of nitrogens with zero attached hydrogens (tertiary/aromatic N) is 1. The van der Waals surface area contributed by atoms with Crippen molar-refractivity contribution < 1.29 is 4.79 Å². The molecule has 1 saturated heterocycles. The van der Waals surface area contributed by atoms with Gasteiger partial charge in [0.25, 0.3) is 0 Å². The lowest BCUT2D eigenvalue weighted by atomic mass is 10.1. The molecule has 1 fully saturated rings. The first-order chi connectivity index (χ1) is 9.08. The third-order valence-electron chi connectivity index (χ3n) is 3.82. The number of hydrogen-bond acceptors (Lipinski definition) is 3. The number of rotatable bonds is 5. The van der Waals surface area contributed by atoms with Crippen molar-refractivity contribution in [2.24, 2.45) is 5.73 Å². The first-order valence-corrected chi connectivity index (χ1v) is 7.80. The van der Waals surface area contributed by atoms with Crippen LogP contribution in [0.25, 0.3) is 0 Å². The number of likely N-dealkylation sites (tertiary alicyclic amines) is 1. The van der Waals surface area contributed by atoms with E-state index in [1.165, 1.54) is 16.0 Å². The van der Waals surface area contributed by atoms with E-state index in [1.807, 2.05) is 11.8 Å². The van der Waals surface area contributed by atoms with Gasteiger partial charge in [0.2, 0.25) is 5.91 Å². The van der Waals surface area contributed by atoms with E-state index in [2.05, 4.69) is 36.9 Å². The van der Waals surface area contributed by atoms with Gasteiger partial charge in [-0.1, -0.05) is 6.07 Å². The molecule has 1 aromatic carbocycles. The molecule has 0 radical (unpaired) electrons. The Morgan fingerprint density at radius 2 is 2.21 bits per heavy atom. The highest BCUT2D eigenvalue weighted by atomic mass is 32.2. The monoisotopic (exact) mass is 278 g/mol. The fourth-order valence-electron chi connectivity index (χ4n) is 2.50. The summed E-state index contributed by atoms with van der Waals surface area (Å²) in [5.41, 5.74) is 8.09. The van der Waals surface area contributed by atoms with E-state index < -0.39 is 0 Å². The molecule has 0 aliphatic carbocycles. The molecule has 1 aliphatic rings. The van der Waals surface area contributed by atoms with E-state index in [1.54, 1.807) is 0 Å². The summed E-state index contributed by atoms with van der Waals surface area (Å²) in [7, 11) is 0. The Morgan fingerprint density at radius 1 is 1.42 bits per heavy atom. The van der Waals surface area contributed by atoms with Gasteiger partial charge in [0, 0.05) is 17.2 Å². The molecule has 0 saturated carbocycles. The molecule has 0 bridgehead atoms. The summed E-state index contributed by atoms with van der Waals surface area (Å²) in [6, 6.07) is 6.53. The van der Waals surface area contributed by atoms with Gasteiger partial charge < -0.3 is 5.73 Å². The molecule has 104 valence electrons. The zero-order chi connectivity index (χ0) is 13.8. The lowest BCUT2D eigenvalue weighted by Crippen LogP contribution is -2.41. The Kier molecular flexibility index (Phi) is 4.88. The highest BCUT2D eigenvalue weighted by Gasteiger charge is 2.28. The summed E-state index contributed by atoms with van der Waals surface area (Å²) in [5.74, 6) is 0.834. The van der Waals surface area contributed by atoms with Crippen LogP contribution in [0.1, 0.15) is 24.0 Å². The Labute approximate surface area is 119 Å². The van der Waals surface area contributed by atoms with E-state index in [9.17, 15) is 4.79 Å². The summed E-state index contributed by atoms with van der Waals surface area (Å²) in [6.07, 6.45) is 2.01. The quantitative estimate of drug-likeness (QED) is 0.841. The van der Waals surface area contributed by atoms with Gasteiger partial charge >= 0.3 is 0 Å². The minimum Gasteiger partial charge on any atom is -0.368 e. The van der Waals surface area contributed by atoms with Crippen molar-refractivity contribution in [2.75, 3.05) is 18.8 Å². The molecule has 3 nitrogen and oxygen atoms in total. The molecule has 1 heterocycles. The van der Waals surface area contributed by atoms with Gasteiger partial charge in [-0.05, 0) is 56.5 Å². The van der Waals surface area contributed by atoms with E-state index in [0.717, 1.165) is 31.7 Å². The summed E-state index contributed by atoms with van der Waals surface area (Å²) >= 11 is 1.85. The predicted molar refractivity (Wildman–Crippen MR) is 80.4 cm³/mol. The normalized spacial score (nSPS) is 19.8. The summed E-state index contributed by atoms with van der Waals surface area (Å²) < 4.78 is 0. The number of carbonyl (C=O) groups excluding carboxylic acids is 1. The van der Waals surface area contributed by atoms with E-state index >= 15 is 0 Å². The molecular formula is C15H22N2OS. The lowest BCUT2D eigenvalue weighted by Gasteiger charge is -2.21. The van der Waals surface area contributed by atoms with Gasteiger partial charge in [-0.25, -0.2) is 0 Å². The van der Waals surface area contributed by atoms with E-state index in [4.69, 9.17) is 5.73 Å². The highest BCUT2D eigenvalue weighted by molar-refractivity contribution is 7.99. The number of amides is 1. The molecule has 1 aromatic rings. The van der Waals surface area contributed by atoms with Crippen molar-refractivity contribution in [1.82, 2.24) is 4.90 Å². The standard InChI is InChI=1S/C15H22N2OS/c1-11-5-6-13(10-12(11)2)19-9-8-17-7-3-4-14(17)15(16)18/h5-6,10,14H,3-4,7-9H2,1-2H3,(H2,16,18). The molecule has 2 rings (SSSR count). The van der Waals surface area contributed by atoms with Crippen LogP contribution < -0.4 is 5.73 Å². The van der Waals surface area contributed by atoms with Gasteiger partial charge in [0.05, 0.1) is 6.04 Å². The molecule has 0 spiro atoms. The molecule has 1 unspecified atom stereocenters. The maximum absolute atomic E-state index is 11.3. The third-order valence-corrected chi connectivity index (χ3v) is 4.79. The van der Waals surface area contributed by atoms with Crippen LogP contribution in [0, 0.1) is 13.8 Å². The maximum Gasteiger partial charge on any atom is 0.234 e. The smallest absolute Gasteiger partial charge is 0.234 e. The molecule has 4 heteroatoms. The first-order valence-electron chi connectivity index (χ1n) is 6.81. The molecule has 1 aliphatic heterocycles. The van der Waals surface area contributed by atoms with Gasteiger partial charge in [-0.3, -0.25) is 9.69 Å². The molecule has 1 amide bonds. The second-order valence-electron chi connectivity index (χ2n) is 5.19. The van der Waals surface area contributed by atoms with Crippen LogP contribution in [0.5, 0.6) is 0 Å². The van der Waals surface area contributed by atoms with Crippen LogP contribution in [0.15, 0.2) is 23.1 Å². The molecule has 1 atom stereocenters. The fraction of sp³-hybridized carbons (Fsp3) is 0.533. The van der Waals surface area contributed by atoms with E-state index in [0.29, 0.717) is 0 Å². The lowest BCUT2D eigenvalue weighted by molar-refractivity contribution is -0.122. The minimum absolute atomic E-state index is 0.0413. The van der Waals surface area contributed by atoms with Crippen LogP contribution in [-0.4, -0.2) is 35.7 Å². The zero-order valence-corrected chi connectivity index (χ0v) is 12.5. The summed E-state index contributed by atoms with van der Waals surface area (Å²) in [5, 5.41) is 0. The number of hydrogen-bond donors (Lipinski definition) is 1. The SMILES string of the molecule is Cc1ccc(SCCN2CCCC2C(N)=O)cc1C. The zero-order valence-electron chi connectivity index (χ0n) is 11.7. The molecule has 0 aromatic heterocycles. The second kappa shape index (κ2) is 6.44. The Hall–Kier alpha value is -1.00. The van der Waals surface area contributed by atoms with Crippen molar-refractivity contribution in [1.29, 1.82) is 0 Å². The second-order valence-corrected chi connectivity index (χ2v) is 6.36. The number of carbonyl (C=O) groups is 1. The highest BCUT2D eigenvalue weighted by Crippen LogP contribution is 2.23. The largest absolute Gasteiger partial charge is 0.368 e. The van der Waals surface area contributed by atoms with E-state index in [-0.39, 0.29) is 11.9 Å². The first kappa shape index (κ1) is 14.4. The molecular weight excluding hydrogens is 256 g/mol. The minimum atomic E-state index is -0.173. The van der Waals surface area contributed by atoms with Gasteiger partial charge in [0.1, 0.15) is 0 Å². The molecule has 19 heavy (non-hydrogen) atoms. The maximum atomic E-state index is 11.3. The third kappa shape index (κ3) is 3.74. The average Bonchev–Trinajstić information content (AvgIpc) is 2.82. The number of benzene rings is 1. The van der Waals surface area contributed by atoms with Gasteiger partial charge in [-0.15, -0.1) is 11.8 Å². The average molecular weight is 278 g/mol. The van der Waals surface area contributed by atoms with Crippen molar-refractivity contribution in [3.8, 4) is 0 Å². The summed E-state index contributed by atoms with van der Waals surface area (Å²) in [6.45, 7) is 6.21. The Bertz CT molecular complexity index is 461. The number of primary amides is 1. The Morgan fingerprint density at radius 3 is 2.89 bits per heavy atom. The van der Waals surface area contributed by atoms with Crippen molar-refractivity contribution in [2.45, 2.75) is 37.6 Å². The summed E-state index contributed by atoms with van der Waals surface area (Å²) in [4.78, 5) is 14.8. The van der Waals surface area contributed by atoms with Crippen LogP contribution in [0.2, 0.25) is 0 Å². The van der Waals surface area contributed by atoms with Gasteiger partial charge in [-0.2, -0.15) is 0 Å². The fourth-order valence-corrected chi connectivity index (χ4v) is 3.49. The van der Waals surface area contributed by atoms with Gasteiger partial charge in [0.15, 0.2) is 0 Å². The van der Waals surface area contributed by atoms with Crippen molar-refractivity contribution in [3.05, 3.63) is 29.3 Å². The number of thioether (sulfide) groups is 1. The molecule has 2 N–H and O–H groups in total. The van der Waals surface area contributed by atoms with Crippen LogP contribution >= 0.6 is 11.8 Å². The van der Waals surface area contributed by atoms with Crippen LogP contribution in [0.4, 0.5) is 0 Å². The van der Waals surface area contributed by atoms with Crippen molar-refractivity contribution >= 4 is 17.7 Å². The topological polar surface area (TPSA) is 46.3 Å². The number of aryl methyl sites for hydroxylation is 2. The van der Waals surface area contributed by atoms with Crippen LogP contribution in [0.3, 0.4) is 0 Å². The van der Waals surface area contributed by atoms with Crippen LogP contribution in [-0.2, 0) is 4.79 Å². The Balaban J connectivity index is 1.83. The predicted octanol–water partition coefficient (Wildman–Crippen LogP) is 2.35.